The van der Waals surface area contributed by atoms with Crippen molar-refractivity contribution in [2.75, 3.05) is 0 Å². The summed E-state index contributed by atoms with van der Waals surface area (Å²) >= 11 is 0. The number of aldehydes is 1. The molecule has 1 heterocycles. The van der Waals surface area contributed by atoms with Crippen molar-refractivity contribution in [1.29, 1.82) is 0 Å². The van der Waals surface area contributed by atoms with Crippen LogP contribution in [0.2, 0.25) is 0 Å². The maximum atomic E-state index is 10.2. The molecule has 0 amide bonds. The molecule has 0 spiro atoms. The number of hydrogen-bond acceptors (Lipinski definition) is 3. The summed E-state index contributed by atoms with van der Waals surface area (Å²) in [5.74, 6) is -1.25. The zero-order chi connectivity index (χ0) is 7.56. The Balaban J connectivity index is 2.54. The Morgan fingerprint density at radius 2 is 2.60 bits per heavy atom. The van der Waals surface area contributed by atoms with Crippen LogP contribution in [-0.4, -0.2) is 23.5 Å². The number of carbonyl (C=O) groups excluding carboxylic acids is 1. The minimum Gasteiger partial charge on any atom is -0.475 e. The van der Waals surface area contributed by atoms with Gasteiger partial charge in [-0.05, 0) is 6.08 Å². The Kier molecular flexibility index (Phi) is 1.71. The molecule has 0 aliphatic carbocycles. The fourth-order valence-electron chi connectivity index (χ4n) is 0.704. The van der Waals surface area contributed by atoms with E-state index in [1.807, 2.05) is 0 Å². The second kappa shape index (κ2) is 2.51. The number of ether oxygens (including phenoxy) is 1. The SMILES string of the molecule is O=CC1CC=C(C(=O)O)O1. The van der Waals surface area contributed by atoms with Gasteiger partial charge in [0.15, 0.2) is 12.4 Å². The zero-order valence-electron chi connectivity index (χ0n) is 5.11. The fraction of sp³-hybridized carbons (Fsp3) is 0.333. The molecule has 0 aromatic carbocycles. The van der Waals surface area contributed by atoms with Crippen LogP contribution in [0.4, 0.5) is 0 Å². The minimum atomic E-state index is -1.12. The lowest BCUT2D eigenvalue weighted by Crippen LogP contribution is -2.10. The van der Waals surface area contributed by atoms with Crippen LogP contribution in [-0.2, 0) is 14.3 Å². The highest BCUT2D eigenvalue weighted by Gasteiger charge is 2.21. The average molecular weight is 142 g/mol. The molecule has 0 saturated heterocycles. The molecule has 0 fully saturated rings. The monoisotopic (exact) mass is 142 g/mol. The van der Waals surface area contributed by atoms with Gasteiger partial charge in [0.05, 0.1) is 0 Å². The van der Waals surface area contributed by atoms with E-state index in [9.17, 15) is 9.59 Å². The predicted octanol–water partition coefficient (Wildman–Crippen LogP) is -0.0573. The smallest absolute Gasteiger partial charge is 0.370 e. The molecule has 1 unspecified atom stereocenters. The first-order valence-electron chi connectivity index (χ1n) is 2.79. The molecule has 0 radical (unpaired) electrons. The Morgan fingerprint density at radius 1 is 1.90 bits per heavy atom. The molecule has 0 saturated carbocycles. The molecule has 54 valence electrons. The van der Waals surface area contributed by atoms with Gasteiger partial charge in [0, 0.05) is 6.42 Å². The van der Waals surface area contributed by atoms with Crippen LogP contribution in [0, 0.1) is 0 Å². The molecule has 10 heavy (non-hydrogen) atoms. The van der Waals surface area contributed by atoms with E-state index in [0.29, 0.717) is 12.7 Å². The van der Waals surface area contributed by atoms with Gasteiger partial charge in [-0.25, -0.2) is 4.79 Å². The molecule has 4 heteroatoms. The van der Waals surface area contributed by atoms with E-state index in [-0.39, 0.29) is 5.76 Å². The summed E-state index contributed by atoms with van der Waals surface area (Å²) in [6.07, 6.45) is 1.75. The number of carboxylic acids is 1. The lowest BCUT2D eigenvalue weighted by atomic mass is 10.3. The van der Waals surface area contributed by atoms with Gasteiger partial charge in [0.1, 0.15) is 0 Å². The molecule has 1 atom stereocenters. The van der Waals surface area contributed by atoms with E-state index in [1.54, 1.807) is 0 Å². The van der Waals surface area contributed by atoms with E-state index in [2.05, 4.69) is 4.74 Å². The van der Waals surface area contributed by atoms with Crippen LogP contribution in [0.15, 0.2) is 11.8 Å². The van der Waals surface area contributed by atoms with E-state index < -0.39 is 12.1 Å². The number of carbonyl (C=O) groups is 2. The third-order valence-corrected chi connectivity index (χ3v) is 1.18. The normalized spacial score (nSPS) is 23.2. The standard InChI is InChI=1S/C6H6O4/c7-3-4-1-2-5(10-4)6(8)9/h2-4H,1H2,(H,8,9). The average Bonchev–Trinajstić information content (AvgIpc) is 2.34. The molecule has 0 aromatic heterocycles. The van der Waals surface area contributed by atoms with Crippen molar-refractivity contribution in [2.24, 2.45) is 0 Å². The van der Waals surface area contributed by atoms with Crippen LogP contribution in [0.1, 0.15) is 6.42 Å². The second-order valence-corrected chi connectivity index (χ2v) is 1.90. The molecule has 0 aromatic rings. The number of aliphatic carboxylic acids is 1. The van der Waals surface area contributed by atoms with Gasteiger partial charge in [-0.3, -0.25) is 4.79 Å². The number of carboxylic acid groups (broad SMARTS) is 1. The van der Waals surface area contributed by atoms with Crippen LogP contribution in [0.25, 0.3) is 0 Å². The Morgan fingerprint density at radius 3 is 2.90 bits per heavy atom. The lowest BCUT2D eigenvalue weighted by Gasteiger charge is -2.01. The molecular formula is C6H6O4. The maximum absolute atomic E-state index is 10.2. The molecule has 1 N–H and O–H groups in total. The van der Waals surface area contributed by atoms with Gasteiger partial charge in [0.25, 0.3) is 0 Å². The van der Waals surface area contributed by atoms with E-state index in [1.165, 1.54) is 6.08 Å². The topological polar surface area (TPSA) is 63.6 Å². The van der Waals surface area contributed by atoms with E-state index >= 15 is 0 Å². The second-order valence-electron chi connectivity index (χ2n) is 1.90. The molecular weight excluding hydrogens is 136 g/mol. The van der Waals surface area contributed by atoms with Crippen LogP contribution in [0.3, 0.4) is 0 Å². The van der Waals surface area contributed by atoms with Crippen molar-refractivity contribution in [3.8, 4) is 0 Å². The highest BCUT2D eigenvalue weighted by atomic mass is 16.5. The molecule has 4 nitrogen and oxygen atoms in total. The molecule has 1 aliphatic rings. The fourth-order valence-corrected chi connectivity index (χ4v) is 0.704. The Labute approximate surface area is 57.1 Å². The number of rotatable bonds is 2. The summed E-state index contributed by atoms with van der Waals surface area (Å²) in [7, 11) is 0. The van der Waals surface area contributed by atoms with Crippen molar-refractivity contribution >= 4 is 12.3 Å². The summed E-state index contributed by atoms with van der Waals surface area (Å²) in [4.78, 5) is 20.2. The predicted molar refractivity (Wildman–Crippen MR) is 31.3 cm³/mol. The van der Waals surface area contributed by atoms with Gasteiger partial charge in [-0.1, -0.05) is 0 Å². The summed E-state index contributed by atoms with van der Waals surface area (Å²) in [5.41, 5.74) is 0. The van der Waals surface area contributed by atoms with Crippen molar-refractivity contribution in [3.05, 3.63) is 11.8 Å². The van der Waals surface area contributed by atoms with Crippen LogP contribution in [0.5, 0.6) is 0 Å². The van der Waals surface area contributed by atoms with E-state index in [4.69, 9.17) is 5.11 Å². The summed E-state index contributed by atoms with van der Waals surface area (Å²) in [6.45, 7) is 0. The van der Waals surface area contributed by atoms with Gasteiger partial charge in [-0.2, -0.15) is 0 Å². The molecule has 0 bridgehead atoms. The summed E-state index contributed by atoms with van der Waals surface area (Å²) in [5, 5.41) is 8.32. The first-order chi connectivity index (χ1) is 4.74. The van der Waals surface area contributed by atoms with Gasteiger partial charge in [-0.15, -0.1) is 0 Å². The van der Waals surface area contributed by atoms with Gasteiger partial charge >= 0.3 is 5.97 Å². The van der Waals surface area contributed by atoms with Gasteiger partial charge < -0.3 is 9.84 Å². The molecule has 1 aliphatic heterocycles. The summed E-state index contributed by atoms with van der Waals surface area (Å²) in [6, 6.07) is 0. The molecule has 1 rings (SSSR count). The highest BCUT2D eigenvalue weighted by molar-refractivity contribution is 5.85. The third-order valence-electron chi connectivity index (χ3n) is 1.18. The Hall–Kier alpha value is -1.32. The first-order valence-corrected chi connectivity index (χ1v) is 2.79. The maximum Gasteiger partial charge on any atom is 0.370 e. The number of hydrogen-bond donors (Lipinski definition) is 1. The van der Waals surface area contributed by atoms with Gasteiger partial charge in [0.2, 0.25) is 5.76 Å². The Bertz CT molecular complexity index is 194. The largest absolute Gasteiger partial charge is 0.475 e. The van der Waals surface area contributed by atoms with Crippen LogP contribution < -0.4 is 0 Å². The summed E-state index contributed by atoms with van der Waals surface area (Å²) < 4.78 is 4.67. The zero-order valence-corrected chi connectivity index (χ0v) is 5.11. The quantitative estimate of drug-likeness (QED) is 0.548. The minimum absolute atomic E-state index is 0.128. The lowest BCUT2D eigenvalue weighted by molar-refractivity contribution is -0.137. The van der Waals surface area contributed by atoms with Crippen molar-refractivity contribution in [2.45, 2.75) is 12.5 Å². The van der Waals surface area contributed by atoms with Crippen molar-refractivity contribution in [1.82, 2.24) is 0 Å². The first kappa shape index (κ1) is 6.80. The van der Waals surface area contributed by atoms with Crippen molar-refractivity contribution < 1.29 is 19.4 Å². The third kappa shape index (κ3) is 1.15. The highest BCUT2D eigenvalue weighted by Crippen LogP contribution is 2.14. The van der Waals surface area contributed by atoms with Crippen LogP contribution >= 0.6 is 0 Å². The van der Waals surface area contributed by atoms with Crippen molar-refractivity contribution in [3.63, 3.8) is 0 Å². The van der Waals surface area contributed by atoms with E-state index in [0.717, 1.165) is 0 Å².